The number of nitrogens with two attached hydrogens (primary N) is 1. The first-order valence-electron chi connectivity index (χ1n) is 7.88. The molecular weight excluding hydrogens is 276 g/mol. The van der Waals surface area contributed by atoms with E-state index in [0.29, 0.717) is 23.2 Å². The van der Waals surface area contributed by atoms with Crippen molar-refractivity contribution in [3.63, 3.8) is 0 Å². The Kier molecular flexibility index (Phi) is 4.18. The molecule has 1 aromatic carbocycles. The van der Waals surface area contributed by atoms with E-state index in [1.807, 2.05) is 42.3 Å². The van der Waals surface area contributed by atoms with Crippen molar-refractivity contribution >= 4 is 11.6 Å². The highest BCUT2D eigenvalue weighted by atomic mass is 16.4. The lowest BCUT2D eigenvalue weighted by atomic mass is 9.94. The first kappa shape index (κ1) is 14.7. The van der Waals surface area contributed by atoms with Gasteiger partial charge in [0.25, 0.3) is 5.91 Å². The molecule has 1 aliphatic carbocycles. The number of benzene rings is 1. The van der Waals surface area contributed by atoms with Gasteiger partial charge in [0.1, 0.15) is 5.76 Å². The third-order valence-electron chi connectivity index (χ3n) is 4.49. The summed E-state index contributed by atoms with van der Waals surface area (Å²) in [5, 5.41) is 0. The zero-order valence-corrected chi connectivity index (χ0v) is 12.9. The van der Waals surface area contributed by atoms with E-state index in [2.05, 4.69) is 0 Å². The first-order chi connectivity index (χ1) is 10.7. The van der Waals surface area contributed by atoms with Crippen molar-refractivity contribution in [2.24, 2.45) is 0 Å². The molecule has 3 rings (SSSR count). The number of anilines is 1. The van der Waals surface area contributed by atoms with E-state index in [1.165, 1.54) is 19.3 Å². The molecule has 1 aromatic heterocycles. The van der Waals surface area contributed by atoms with Crippen LogP contribution in [0.3, 0.4) is 0 Å². The van der Waals surface area contributed by atoms with Crippen LogP contribution in [0.15, 0.2) is 40.8 Å². The molecule has 1 amide bonds. The molecule has 1 aliphatic rings. The molecule has 2 aromatic rings. The van der Waals surface area contributed by atoms with Gasteiger partial charge >= 0.3 is 0 Å². The summed E-state index contributed by atoms with van der Waals surface area (Å²) in [4.78, 5) is 14.4. The second-order valence-electron chi connectivity index (χ2n) is 5.96. The highest BCUT2D eigenvalue weighted by molar-refractivity contribution is 5.92. The molecule has 0 unspecified atom stereocenters. The number of hydrogen-bond donors (Lipinski definition) is 1. The Morgan fingerprint density at radius 1 is 1.14 bits per heavy atom. The van der Waals surface area contributed by atoms with Gasteiger partial charge in [0, 0.05) is 24.3 Å². The number of rotatable bonds is 3. The maximum atomic E-state index is 12.6. The van der Waals surface area contributed by atoms with Crippen LogP contribution in [0.5, 0.6) is 0 Å². The summed E-state index contributed by atoms with van der Waals surface area (Å²) in [6.45, 7) is 0. The molecule has 0 bridgehead atoms. The molecule has 0 atom stereocenters. The molecule has 22 heavy (non-hydrogen) atoms. The fourth-order valence-corrected chi connectivity index (χ4v) is 3.13. The molecule has 4 heteroatoms. The highest BCUT2D eigenvalue weighted by Crippen LogP contribution is 2.29. The van der Waals surface area contributed by atoms with E-state index in [4.69, 9.17) is 10.2 Å². The Bertz CT molecular complexity index is 657. The maximum absolute atomic E-state index is 12.6. The smallest absolute Gasteiger partial charge is 0.289 e. The van der Waals surface area contributed by atoms with E-state index in [9.17, 15) is 4.79 Å². The summed E-state index contributed by atoms with van der Waals surface area (Å²) in [7, 11) is 1.87. The Morgan fingerprint density at radius 2 is 1.86 bits per heavy atom. The summed E-state index contributed by atoms with van der Waals surface area (Å²) in [6.07, 6.45) is 5.85. The zero-order chi connectivity index (χ0) is 15.5. The number of amides is 1. The minimum absolute atomic E-state index is 0.0485. The van der Waals surface area contributed by atoms with Crippen molar-refractivity contribution in [3.05, 3.63) is 42.2 Å². The predicted octanol–water partition coefficient (Wildman–Crippen LogP) is 3.93. The second kappa shape index (κ2) is 6.26. The third-order valence-corrected chi connectivity index (χ3v) is 4.49. The van der Waals surface area contributed by atoms with E-state index in [-0.39, 0.29) is 5.91 Å². The Balaban J connectivity index is 1.78. The van der Waals surface area contributed by atoms with E-state index in [1.54, 1.807) is 6.07 Å². The van der Waals surface area contributed by atoms with Crippen LogP contribution in [0.2, 0.25) is 0 Å². The Morgan fingerprint density at radius 3 is 2.59 bits per heavy atom. The van der Waals surface area contributed by atoms with Gasteiger partial charge in [-0.15, -0.1) is 0 Å². The van der Waals surface area contributed by atoms with Gasteiger partial charge in [0.2, 0.25) is 0 Å². The summed E-state index contributed by atoms with van der Waals surface area (Å²) in [5.74, 6) is 0.970. The minimum Gasteiger partial charge on any atom is -0.451 e. The largest absolute Gasteiger partial charge is 0.451 e. The quantitative estimate of drug-likeness (QED) is 0.873. The van der Waals surface area contributed by atoms with Crippen LogP contribution in [-0.2, 0) is 0 Å². The number of hydrogen-bond acceptors (Lipinski definition) is 3. The molecule has 1 heterocycles. The van der Waals surface area contributed by atoms with Crippen LogP contribution in [0, 0.1) is 0 Å². The van der Waals surface area contributed by atoms with Crippen LogP contribution in [-0.4, -0.2) is 23.9 Å². The van der Waals surface area contributed by atoms with Gasteiger partial charge in [0.05, 0.1) is 0 Å². The van der Waals surface area contributed by atoms with Gasteiger partial charge in [-0.05, 0) is 37.1 Å². The molecule has 0 saturated heterocycles. The number of nitrogen functional groups attached to an aromatic ring is 1. The normalized spacial score (nSPS) is 15.7. The van der Waals surface area contributed by atoms with E-state index < -0.39 is 0 Å². The van der Waals surface area contributed by atoms with E-state index >= 15 is 0 Å². The summed E-state index contributed by atoms with van der Waals surface area (Å²) in [6, 6.07) is 11.4. The van der Waals surface area contributed by atoms with E-state index in [0.717, 1.165) is 18.4 Å². The lowest BCUT2D eigenvalue weighted by Gasteiger charge is -2.30. The second-order valence-corrected chi connectivity index (χ2v) is 5.96. The number of nitrogens with zero attached hydrogens (tertiary/aromatic N) is 1. The predicted molar refractivity (Wildman–Crippen MR) is 87.5 cm³/mol. The molecule has 116 valence electrons. The maximum Gasteiger partial charge on any atom is 0.289 e. The van der Waals surface area contributed by atoms with Crippen LogP contribution in [0.4, 0.5) is 5.69 Å². The van der Waals surface area contributed by atoms with Crippen LogP contribution < -0.4 is 5.73 Å². The molecule has 2 N–H and O–H groups in total. The summed E-state index contributed by atoms with van der Waals surface area (Å²) >= 11 is 0. The van der Waals surface area contributed by atoms with Crippen LogP contribution in [0.25, 0.3) is 11.3 Å². The Labute approximate surface area is 130 Å². The van der Waals surface area contributed by atoms with Crippen molar-refractivity contribution in [2.75, 3.05) is 12.8 Å². The summed E-state index contributed by atoms with van der Waals surface area (Å²) in [5.41, 5.74) is 7.43. The van der Waals surface area contributed by atoms with Crippen molar-refractivity contribution < 1.29 is 9.21 Å². The average Bonchev–Trinajstić information content (AvgIpc) is 3.04. The van der Waals surface area contributed by atoms with Gasteiger partial charge in [-0.3, -0.25) is 4.79 Å². The summed E-state index contributed by atoms with van der Waals surface area (Å²) < 4.78 is 5.75. The van der Waals surface area contributed by atoms with Crippen LogP contribution >= 0.6 is 0 Å². The first-order valence-corrected chi connectivity index (χ1v) is 7.88. The fourth-order valence-electron chi connectivity index (χ4n) is 3.13. The van der Waals surface area contributed by atoms with Crippen molar-refractivity contribution in [2.45, 2.75) is 38.1 Å². The topological polar surface area (TPSA) is 59.5 Å². The number of para-hydroxylation sites is 1. The number of carbonyl (C=O) groups is 1. The van der Waals surface area contributed by atoms with Crippen LogP contribution in [0.1, 0.15) is 42.7 Å². The lowest BCUT2D eigenvalue weighted by molar-refractivity contribution is 0.0665. The third kappa shape index (κ3) is 2.86. The fraction of sp³-hybridized carbons (Fsp3) is 0.389. The van der Waals surface area contributed by atoms with Crippen molar-refractivity contribution in [3.8, 4) is 11.3 Å². The molecule has 0 spiro atoms. The monoisotopic (exact) mass is 298 g/mol. The zero-order valence-electron chi connectivity index (χ0n) is 12.9. The molecule has 1 fully saturated rings. The van der Waals surface area contributed by atoms with Gasteiger partial charge in [-0.2, -0.15) is 0 Å². The SMILES string of the molecule is CN(C(=O)c1ccc(-c2ccccc2N)o1)C1CCCCC1. The standard InChI is InChI=1S/C18H22N2O2/c1-20(13-7-3-2-4-8-13)18(21)17-12-11-16(22-17)14-9-5-6-10-15(14)19/h5-6,9-13H,2-4,7-8,19H2,1H3. The van der Waals surface area contributed by atoms with Gasteiger partial charge in [-0.1, -0.05) is 31.4 Å². The van der Waals surface area contributed by atoms with Crippen molar-refractivity contribution in [1.29, 1.82) is 0 Å². The van der Waals surface area contributed by atoms with Gasteiger partial charge in [0.15, 0.2) is 5.76 Å². The molecule has 1 saturated carbocycles. The number of carbonyl (C=O) groups excluding carboxylic acids is 1. The Hall–Kier alpha value is -2.23. The molecule has 0 aliphatic heterocycles. The minimum atomic E-state index is -0.0485. The lowest BCUT2D eigenvalue weighted by Crippen LogP contribution is -2.38. The number of furan rings is 1. The van der Waals surface area contributed by atoms with Gasteiger partial charge in [-0.25, -0.2) is 0 Å². The average molecular weight is 298 g/mol. The molecular formula is C18H22N2O2. The molecule has 4 nitrogen and oxygen atoms in total. The van der Waals surface area contributed by atoms with Crippen molar-refractivity contribution in [1.82, 2.24) is 4.90 Å². The highest BCUT2D eigenvalue weighted by Gasteiger charge is 2.25. The molecule has 0 radical (unpaired) electrons. The van der Waals surface area contributed by atoms with Gasteiger partial charge < -0.3 is 15.1 Å².